The summed E-state index contributed by atoms with van der Waals surface area (Å²) in [5, 5.41) is 15.0. The zero-order valence-electron chi connectivity index (χ0n) is 17.0. The lowest BCUT2D eigenvalue weighted by atomic mass is 9.94. The Morgan fingerprint density at radius 3 is 2.63 bits per heavy atom. The lowest BCUT2D eigenvalue weighted by Gasteiger charge is -2.10. The van der Waals surface area contributed by atoms with Gasteiger partial charge in [0.15, 0.2) is 0 Å². The molecule has 30 heavy (non-hydrogen) atoms. The molecule has 0 bridgehead atoms. The lowest BCUT2D eigenvalue weighted by Crippen LogP contribution is -2.28. The number of nitrogens with one attached hydrogen (secondary N) is 1. The molecule has 0 spiro atoms. The second kappa shape index (κ2) is 8.34. The number of aryl methyl sites for hydroxylation is 3. The summed E-state index contributed by atoms with van der Waals surface area (Å²) in [5.41, 5.74) is 3.36. The molecule has 2 aromatic heterocycles. The van der Waals surface area contributed by atoms with E-state index >= 15 is 0 Å². The number of carboxylic acid groups (broad SMARTS) is 1. The fourth-order valence-electron chi connectivity index (χ4n) is 4.22. The monoisotopic (exact) mass is 410 g/mol. The normalized spacial score (nSPS) is 13.5. The minimum atomic E-state index is -1.14. The van der Waals surface area contributed by atoms with E-state index in [0.29, 0.717) is 17.6 Å². The quantitative estimate of drug-likeness (QED) is 0.472. The summed E-state index contributed by atoms with van der Waals surface area (Å²) in [6.07, 6.45) is 4.81. The molecule has 1 amide bonds. The first-order valence-electron chi connectivity index (χ1n) is 10.4. The zero-order valence-corrected chi connectivity index (χ0v) is 17.0. The molecule has 158 valence electrons. The molecule has 7 nitrogen and oxygen atoms in total. The van der Waals surface area contributed by atoms with Crippen molar-refractivity contribution in [3.05, 3.63) is 45.0 Å². The Bertz CT molecular complexity index is 1190. The van der Waals surface area contributed by atoms with Crippen molar-refractivity contribution < 1.29 is 23.5 Å². The first kappa shape index (κ1) is 20.2. The highest BCUT2D eigenvalue weighted by Gasteiger charge is 2.20. The minimum absolute atomic E-state index is 0.0974. The van der Waals surface area contributed by atoms with Crippen molar-refractivity contribution in [1.82, 2.24) is 5.32 Å². The van der Waals surface area contributed by atoms with Crippen molar-refractivity contribution in [2.75, 3.05) is 6.54 Å². The van der Waals surface area contributed by atoms with Gasteiger partial charge in [-0.2, -0.15) is 0 Å². The third-order valence-corrected chi connectivity index (χ3v) is 5.84. The van der Waals surface area contributed by atoms with Gasteiger partial charge in [0, 0.05) is 53.3 Å². The van der Waals surface area contributed by atoms with Crippen LogP contribution in [-0.2, 0) is 28.9 Å². The number of carbonyl (C=O) groups excluding carboxylic acids is 2. The van der Waals surface area contributed by atoms with E-state index < -0.39 is 11.6 Å². The number of furan rings is 1. The van der Waals surface area contributed by atoms with Crippen LogP contribution in [0.15, 0.2) is 25.8 Å². The summed E-state index contributed by atoms with van der Waals surface area (Å²) >= 11 is 0. The van der Waals surface area contributed by atoms with Gasteiger partial charge in [0.1, 0.15) is 16.9 Å². The van der Waals surface area contributed by atoms with Crippen LogP contribution in [-0.4, -0.2) is 18.4 Å². The predicted octanol–water partition coefficient (Wildman–Crippen LogP) is 2.31. The summed E-state index contributed by atoms with van der Waals surface area (Å²) in [5.74, 6) is -0.338. The van der Waals surface area contributed by atoms with Crippen LogP contribution in [0.1, 0.15) is 54.6 Å². The molecule has 4 rings (SSSR count). The van der Waals surface area contributed by atoms with E-state index in [1.165, 1.54) is 5.56 Å². The van der Waals surface area contributed by atoms with E-state index in [2.05, 4.69) is 5.32 Å². The van der Waals surface area contributed by atoms with E-state index in [1.807, 2.05) is 13.0 Å². The Balaban J connectivity index is 1.56. The van der Waals surface area contributed by atoms with E-state index in [4.69, 9.17) is 8.83 Å². The van der Waals surface area contributed by atoms with Crippen LogP contribution in [0.4, 0.5) is 0 Å². The number of rotatable bonds is 7. The highest BCUT2D eigenvalue weighted by atomic mass is 16.4. The fourth-order valence-corrected chi connectivity index (χ4v) is 4.22. The van der Waals surface area contributed by atoms with Crippen LogP contribution < -0.4 is 16.0 Å². The maximum absolute atomic E-state index is 12.5. The highest BCUT2D eigenvalue weighted by Crippen LogP contribution is 2.35. The molecule has 1 aliphatic rings. The Morgan fingerprint density at radius 1 is 1.07 bits per heavy atom. The van der Waals surface area contributed by atoms with Crippen molar-refractivity contribution in [2.45, 2.75) is 58.3 Å². The minimum Gasteiger partial charge on any atom is -0.550 e. The average Bonchev–Trinajstić information content (AvgIpc) is 3.07. The molecule has 0 saturated carbocycles. The summed E-state index contributed by atoms with van der Waals surface area (Å²) in [6.45, 7) is 2.15. The van der Waals surface area contributed by atoms with Crippen LogP contribution in [0.5, 0.6) is 0 Å². The third-order valence-electron chi connectivity index (χ3n) is 5.84. The zero-order chi connectivity index (χ0) is 21.3. The molecule has 0 atom stereocenters. The standard InChI is InChI=1S/C23H25NO6/c1-13-14(8-9-21(25)24-10-4-7-22(26)27)23(28)30-19-12-20-17(11-16(13)19)15-5-2-3-6-18(15)29-20/h11-12H,2-10H2,1H3,(H,24,25)(H,26,27)/p-1. The number of carbonyl (C=O) groups is 2. The van der Waals surface area contributed by atoms with Gasteiger partial charge in [-0.3, -0.25) is 4.79 Å². The van der Waals surface area contributed by atoms with Crippen LogP contribution in [0.2, 0.25) is 0 Å². The van der Waals surface area contributed by atoms with Crippen molar-refractivity contribution in [3.63, 3.8) is 0 Å². The van der Waals surface area contributed by atoms with Crippen LogP contribution in [0.3, 0.4) is 0 Å². The smallest absolute Gasteiger partial charge is 0.339 e. The Kier molecular flexibility index (Phi) is 5.61. The molecule has 0 unspecified atom stereocenters. The summed E-state index contributed by atoms with van der Waals surface area (Å²) < 4.78 is 11.5. The molecular formula is C23H24NO6-. The number of hydrogen-bond acceptors (Lipinski definition) is 6. The molecule has 0 aliphatic heterocycles. The summed E-state index contributed by atoms with van der Waals surface area (Å²) in [6, 6.07) is 3.84. The molecule has 3 aromatic rings. The largest absolute Gasteiger partial charge is 0.550 e. The molecule has 0 saturated heterocycles. The van der Waals surface area contributed by atoms with Gasteiger partial charge in [-0.05, 0) is 57.1 Å². The van der Waals surface area contributed by atoms with Gasteiger partial charge in [-0.25, -0.2) is 4.79 Å². The number of hydrogen-bond donors (Lipinski definition) is 1. The van der Waals surface area contributed by atoms with Crippen LogP contribution >= 0.6 is 0 Å². The molecule has 1 aromatic carbocycles. The maximum atomic E-state index is 12.5. The van der Waals surface area contributed by atoms with Gasteiger partial charge in [0.05, 0.1) is 0 Å². The molecule has 2 heterocycles. The van der Waals surface area contributed by atoms with E-state index in [9.17, 15) is 19.5 Å². The number of amides is 1. The van der Waals surface area contributed by atoms with Gasteiger partial charge in [-0.15, -0.1) is 0 Å². The predicted molar refractivity (Wildman–Crippen MR) is 109 cm³/mol. The first-order chi connectivity index (χ1) is 14.4. The van der Waals surface area contributed by atoms with E-state index in [1.54, 1.807) is 6.07 Å². The summed E-state index contributed by atoms with van der Waals surface area (Å²) in [4.78, 5) is 35.0. The Hall–Kier alpha value is -3.09. The third kappa shape index (κ3) is 3.97. The topological polar surface area (TPSA) is 113 Å². The lowest BCUT2D eigenvalue weighted by molar-refractivity contribution is -0.305. The average molecular weight is 410 g/mol. The second-order valence-electron chi connectivity index (χ2n) is 7.87. The van der Waals surface area contributed by atoms with E-state index in [-0.39, 0.29) is 31.7 Å². The second-order valence-corrected chi connectivity index (χ2v) is 7.87. The first-order valence-corrected chi connectivity index (χ1v) is 10.4. The molecule has 0 fully saturated rings. The number of carboxylic acids is 1. The maximum Gasteiger partial charge on any atom is 0.339 e. The van der Waals surface area contributed by atoms with Gasteiger partial charge >= 0.3 is 5.63 Å². The fraction of sp³-hybridized carbons (Fsp3) is 0.435. The van der Waals surface area contributed by atoms with Crippen molar-refractivity contribution in [2.24, 2.45) is 0 Å². The van der Waals surface area contributed by atoms with Gasteiger partial charge in [-0.1, -0.05) is 0 Å². The van der Waals surface area contributed by atoms with Crippen LogP contribution in [0, 0.1) is 6.92 Å². The highest BCUT2D eigenvalue weighted by molar-refractivity contribution is 5.97. The van der Waals surface area contributed by atoms with Gasteiger partial charge in [0.2, 0.25) is 5.91 Å². The number of benzene rings is 1. The van der Waals surface area contributed by atoms with Gasteiger partial charge in [0.25, 0.3) is 0 Å². The van der Waals surface area contributed by atoms with Crippen molar-refractivity contribution in [3.8, 4) is 0 Å². The molecular weight excluding hydrogens is 386 g/mol. The SMILES string of the molecule is Cc1c(CCC(=O)NCCCC(=O)[O-])c(=O)oc2cc3oc4c(c3cc12)CCCC4. The molecule has 0 radical (unpaired) electrons. The Labute approximate surface area is 173 Å². The van der Waals surface area contributed by atoms with Crippen molar-refractivity contribution in [1.29, 1.82) is 0 Å². The van der Waals surface area contributed by atoms with E-state index in [0.717, 1.165) is 53.4 Å². The number of fused-ring (bicyclic) bond motifs is 4. The molecule has 1 N–H and O–H groups in total. The Morgan fingerprint density at radius 2 is 1.83 bits per heavy atom. The molecule has 7 heteroatoms. The van der Waals surface area contributed by atoms with Crippen LogP contribution in [0.25, 0.3) is 21.9 Å². The number of aliphatic carboxylic acids is 1. The summed E-state index contributed by atoms with van der Waals surface area (Å²) in [7, 11) is 0. The van der Waals surface area contributed by atoms with Gasteiger partial charge < -0.3 is 24.1 Å². The molecule has 1 aliphatic carbocycles. The van der Waals surface area contributed by atoms with Crippen molar-refractivity contribution >= 4 is 33.8 Å².